The van der Waals surface area contributed by atoms with E-state index in [0.717, 1.165) is 44.4 Å². The molecule has 0 aromatic heterocycles. The van der Waals surface area contributed by atoms with Gasteiger partial charge in [0.05, 0.1) is 11.5 Å². The number of nitrogens with one attached hydrogen (secondary N) is 1. The van der Waals surface area contributed by atoms with Crippen molar-refractivity contribution in [3.05, 3.63) is 35.9 Å². The number of guanidine groups is 1. The summed E-state index contributed by atoms with van der Waals surface area (Å²) in [6, 6.07) is 10.7. The number of rotatable bonds is 5. The van der Waals surface area contributed by atoms with Gasteiger partial charge < -0.3 is 10.2 Å². The molecule has 1 aromatic carbocycles. The highest BCUT2D eigenvalue weighted by Gasteiger charge is 2.28. The Hall–Kier alpha value is -0.830. The minimum absolute atomic E-state index is 0. The van der Waals surface area contributed by atoms with Crippen LogP contribution in [0, 0.1) is 11.8 Å². The number of aliphatic imine (C=N–C) groups is 1. The molecule has 5 nitrogen and oxygen atoms in total. The molecule has 0 bridgehead atoms. The third-order valence-corrected chi connectivity index (χ3v) is 7.28. The van der Waals surface area contributed by atoms with Crippen LogP contribution in [-0.4, -0.2) is 57.0 Å². The van der Waals surface area contributed by atoms with Crippen LogP contribution in [0.4, 0.5) is 0 Å². The molecule has 0 saturated carbocycles. The molecular formula is C20H32IN3O2S. The van der Waals surface area contributed by atoms with Gasteiger partial charge in [0, 0.05) is 26.2 Å². The van der Waals surface area contributed by atoms with Crippen LogP contribution >= 0.6 is 24.0 Å². The van der Waals surface area contributed by atoms with Gasteiger partial charge in [-0.25, -0.2) is 8.42 Å². The Labute approximate surface area is 181 Å². The van der Waals surface area contributed by atoms with E-state index in [1.165, 1.54) is 18.4 Å². The van der Waals surface area contributed by atoms with Crippen LogP contribution in [0.1, 0.15) is 31.7 Å². The summed E-state index contributed by atoms with van der Waals surface area (Å²) in [5, 5.41) is 3.39. The molecule has 0 amide bonds. The highest BCUT2D eigenvalue weighted by molar-refractivity contribution is 14.0. The molecule has 1 atom stereocenters. The molecule has 152 valence electrons. The molecule has 2 fully saturated rings. The highest BCUT2D eigenvalue weighted by Crippen LogP contribution is 2.22. The number of benzene rings is 1. The van der Waals surface area contributed by atoms with Gasteiger partial charge in [0.25, 0.3) is 0 Å². The molecule has 1 unspecified atom stereocenters. The summed E-state index contributed by atoms with van der Waals surface area (Å²) >= 11 is 0. The fourth-order valence-corrected chi connectivity index (χ4v) is 5.80. The van der Waals surface area contributed by atoms with E-state index in [-0.39, 0.29) is 29.9 Å². The number of piperidine rings is 1. The molecule has 7 heteroatoms. The zero-order valence-corrected chi connectivity index (χ0v) is 19.3. The van der Waals surface area contributed by atoms with Gasteiger partial charge in [-0.05, 0) is 50.0 Å². The van der Waals surface area contributed by atoms with Crippen molar-refractivity contribution >= 4 is 39.8 Å². The van der Waals surface area contributed by atoms with Crippen LogP contribution in [0.25, 0.3) is 0 Å². The van der Waals surface area contributed by atoms with E-state index in [2.05, 4.69) is 47.5 Å². The first-order valence-corrected chi connectivity index (χ1v) is 11.7. The average molecular weight is 505 g/mol. The van der Waals surface area contributed by atoms with Crippen molar-refractivity contribution in [1.82, 2.24) is 10.2 Å². The normalized spacial score (nSPS) is 23.1. The van der Waals surface area contributed by atoms with Gasteiger partial charge in [-0.3, -0.25) is 4.99 Å². The Morgan fingerprint density at radius 2 is 1.85 bits per heavy atom. The zero-order valence-electron chi connectivity index (χ0n) is 16.1. The smallest absolute Gasteiger partial charge is 0.193 e. The van der Waals surface area contributed by atoms with Crippen LogP contribution in [0.15, 0.2) is 35.3 Å². The van der Waals surface area contributed by atoms with Crippen molar-refractivity contribution < 1.29 is 8.42 Å². The Bertz CT molecular complexity index is 701. The molecule has 2 aliphatic rings. The zero-order chi connectivity index (χ0) is 18.4. The summed E-state index contributed by atoms with van der Waals surface area (Å²) in [4.78, 5) is 7.10. The van der Waals surface area contributed by atoms with Gasteiger partial charge in [-0.15, -0.1) is 24.0 Å². The fourth-order valence-electron chi connectivity index (χ4n) is 3.95. The highest BCUT2D eigenvalue weighted by atomic mass is 127. The summed E-state index contributed by atoms with van der Waals surface area (Å²) in [7, 11) is -2.82. The molecule has 2 heterocycles. The Morgan fingerprint density at radius 1 is 1.15 bits per heavy atom. The van der Waals surface area contributed by atoms with Crippen LogP contribution in [0.2, 0.25) is 0 Å². The second-order valence-electron chi connectivity index (χ2n) is 7.58. The van der Waals surface area contributed by atoms with Gasteiger partial charge in [-0.1, -0.05) is 30.3 Å². The molecule has 0 radical (unpaired) electrons. The summed E-state index contributed by atoms with van der Waals surface area (Å²) in [6.45, 7) is 5.58. The minimum Gasteiger partial charge on any atom is -0.357 e. The molecule has 27 heavy (non-hydrogen) atoms. The molecule has 1 N–H and O–H groups in total. The SMILES string of the molecule is CCNC(=NCC1CCS(=O)(=O)C1)N1CCC(Cc2ccccc2)CC1.I. The van der Waals surface area contributed by atoms with Crippen LogP contribution in [0.5, 0.6) is 0 Å². The fraction of sp³-hybridized carbons (Fsp3) is 0.650. The molecule has 1 aromatic rings. The number of likely N-dealkylation sites (tertiary alicyclic amines) is 1. The molecular weight excluding hydrogens is 473 g/mol. The lowest BCUT2D eigenvalue weighted by Gasteiger charge is -2.34. The molecule has 2 aliphatic heterocycles. The Kier molecular flexibility index (Phi) is 8.85. The second kappa shape index (κ2) is 10.6. The van der Waals surface area contributed by atoms with Gasteiger partial charge in [0.2, 0.25) is 0 Å². The summed E-state index contributed by atoms with van der Waals surface area (Å²) in [5.41, 5.74) is 1.42. The van der Waals surface area contributed by atoms with Crippen molar-refractivity contribution in [2.45, 2.75) is 32.6 Å². The van der Waals surface area contributed by atoms with Crippen molar-refractivity contribution in [3.8, 4) is 0 Å². The van der Waals surface area contributed by atoms with Crippen molar-refractivity contribution in [3.63, 3.8) is 0 Å². The first-order valence-electron chi connectivity index (χ1n) is 9.83. The number of sulfone groups is 1. The van der Waals surface area contributed by atoms with E-state index in [1.54, 1.807) is 0 Å². The topological polar surface area (TPSA) is 61.8 Å². The molecule has 0 spiro atoms. The van der Waals surface area contributed by atoms with E-state index in [4.69, 9.17) is 4.99 Å². The maximum Gasteiger partial charge on any atom is 0.193 e. The van der Waals surface area contributed by atoms with Gasteiger partial charge >= 0.3 is 0 Å². The number of hydrogen-bond donors (Lipinski definition) is 1. The van der Waals surface area contributed by atoms with E-state index < -0.39 is 9.84 Å². The van der Waals surface area contributed by atoms with E-state index in [1.807, 2.05) is 0 Å². The van der Waals surface area contributed by atoms with E-state index >= 15 is 0 Å². The lowest BCUT2D eigenvalue weighted by atomic mass is 9.90. The minimum atomic E-state index is -2.82. The van der Waals surface area contributed by atoms with Gasteiger partial charge in [0.15, 0.2) is 15.8 Å². The van der Waals surface area contributed by atoms with Crippen LogP contribution < -0.4 is 5.32 Å². The van der Waals surface area contributed by atoms with Crippen LogP contribution in [-0.2, 0) is 16.3 Å². The Balaban J connectivity index is 0.00000261. The van der Waals surface area contributed by atoms with Crippen LogP contribution in [0.3, 0.4) is 0 Å². The summed E-state index contributed by atoms with van der Waals surface area (Å²) < 4.78 is 23.2. The monoisotopic (exact) mass is 505 g/mol. The first-order chi connectivity index (χ1) is 12.6. The maximum absolute atomic E-state index is 11.6. The third-order valence-electron chi connectivity index (χ3n) is 5.44. The van der Waals surface area contributed by atoms with Crippen molar-refractivity contribution in [2.24, 2.45) is 16.8 Å². The van der Waals surface area contributed by atoms with Crippen molar-refractivity contribution in [2.75, 3.05) is 37.7 Å². The molecule has 0 aliphatic carbocycles. The van der Waals surface area contributed by atoms with E-state index in [0.29, 0.717) is 18.1 Å². The number of nitrogens with zero attached hydrogens (tertiary/aromatic N) is 2. The summed E-state index contributed by atoms with van der Waals surface area (Å²) in [5.74, 6) is 2.50. The van der Waals surface area contributed by atoms with E-state index in [9.17, 15) is 8.42 Å². The van der Waals surface area contributed by atoms with Gasteiger partial charge in [-0.2, -0.15) is 0 Å². The maximum atomic E-state index is 11.6. The second-order valence-corrected chi connectivity index (χ2v) is 9.81. The molecule has 3 rings (SSSR count). The number of hydrogen-bond acceptors (Lipinski definition) is 3. The number of halogens is 1. The predicted octanol–water partition coefficient (Wildman–Crippen LogP) is 2.96. The third kappa shape index (κ3) is 6.93. The van der Waals surface area contributed by atoms with Gasteiger partial charge in [0.1, 0.15) is 0 Å². The first kappa shape index (κ1) is 22.5. The Morgan fingerprint density at radius 3 is 2.44 bits per heavy atom. The largest absolute Gasteiger partial charge is 0.357 e. The molecule has 2 saturated heterocycles. The lowest BCUT2D eigenvalue weighted by molar-refractivity contribution is 0.258. The lowest BCUT2D eigenvalue weighted by Crippen LogP contribution is -2.46. The van der Waals surface area contributed by atoms with Crippen molar-refractivity contribution in [1.29, 1.82) is 0 Å². The average Bonchev–Trinajstić information content (AvgIpc) is 2.99. The predicted molar refractivity (Wildman–Crippen MR) is 123 cm³/mol. The summed E-state index contributed by atoms with van der Waals surface area (Å²) in [6.07, 6.45) is 4.26. The quantitative estimate of drug-likeness (QED) is 0.380. The standard InChI is InChI=1S/C20H31N3O2S.HI/c1-2-21-20(22-15-19-10-13-26(24,25)16-19)23-11-8-18(9-12-23)14-17-6-4-3-5-7-17;/h3-7,18-19H,2,8-16H2,1H3,(H,21,22);1H.